The number of carbonyl (C=O) groups excluding carboxylic acids is 1. The summed E-state index contributed by atoms with van der Waals surface area (Å²) in [6.07, 6.45) is 3.12. The Kier molecular flexibility index (Phi) is 3.58. The van der Waals surface area contributed by atoms with Gasteiger partial charge >= 0.3 is 0 Å². The van der Waals surface area contributed by atoms with Crippen LogP contribution in [-0.2, 0) is 4.79 Å². The zero-order valence-corrected chi connectivity index (χ0v) is 11.3. The summed E-state index contributed by atoms with van der Waals surface area (Å²) in [5, 5.41) is 11.3. The van der Waals surface area contributed by atoms with Crippen molar-refractivity contribution in [2.45, 2.75) is 0 Å². The van der Waals surface area contributed by atoms with Gasteiger partial charge < -0.3 is 5.32 Å². The third-order valence-corrected chi connectivity index (χ3v) is 3.33. The second kappa shape index (κ2) is 5.52. The lowest BCUT2D eigenvalue weighted by atomic mass is 10.0. The fraction of sp³-hybridized carbons (Fsp3) is 0.231. The van der Waals surface area contributed by atoms with E-state index in [1.807, 2.05) is 0 Å². The van der Waals surface area contributed by atoms with Crippen molar-refractivity contribution in [2.75, 3.05) is 18.0 Å². The van der Waals surface area contributed by atoms with Gasteiger partial charge in [-0.3, -0.25) is 9.69 Å². The van der Waals surface area contributed by atoms with Gasteiger partial charge in [0.15, 0.2) is 5.82 Å². The van der Waals surface area contributed by atoms with E-state index in [9.17, 15) is 4.79 Å². The summed E-state index contributed by atoms with van der Waals surface area (Å²) in [7, 11) is 0. The van der Waals surface area contributed by atoms with Crippen molar-refractivity contribution in [2.24, 2.45) is 5.92 Å². The molecule has 2 aromatic heterocycles. The van der Waals surface area contributed by atoms with E-state index >= 15 is 0 Å². The summed E-state index contributed by atoms with van der Waals surface area (Å²) < 4.78 is 0. The van der Waals surface area contributed by atoms with Crippen LogP contribution in [0.1, 0.15) is 0 Å². The Bertz CT molecular complexity index is 600. The Morgan fingerprint density at radius 1 is 1.35 bits per heavy atom. The molecule has 0 atom stereocenters. The van der Waals surface area contributed by atoms with E-state index in [-0.39, 0.29) is 11.8 Å². The molecule has 1 aliphatic rings. The van der Waals surface area contributed by atoms with Crippen molar-refractivity contribution in [3.8, 4) is 0 Å². The Labute approximate surface area is 120 Å². The summed E-state index contributed by atoms with van der Waals surface area (Å²) in [4.78, 5) is 18.1. The van der Waals surface area contributed by atoms with Gasteiger partial charge in [-0.25, -0.2) is 4.98 Å². The maximum absolute atomic E-state index is 12.6. The predicted octanol–water partition coefficient (Wildman–Crippen LogP) is 1.41. The van der Waals surface area contributed by atoms with E-state index in [0.717, 1.165) is 0 Å². The number of carbonyl (C=O) groups is 1. The maximum Gasteiger partial charge on any atom is 0.238 e. The zero-order chi connectivity index (χ0) is 13.9. The van der Waals surface area contributed by atoms with Crippen LogP contribution in [0.5, 0.6) is 0 Å². The van der Waals surface area contributed by atoms with E-state index in [4.69, 9.17) is 11.6 Å². The van der Waals surface area contributed by atoms with Crippen LogP contribution in [0.3, 0.4) is 0 Å². The molecule has 0 unspecified atom stereocenters. The molecule has 102 valence electrons. The van der Waals surface area contributed by atoms with Crippen molar-refractivity contribution in [1.82, 2.24) is 20.5 Å². The number of aromatic nitrogens is 3. The smallest absolute Gasteiger partial charge is 0.238 e. The normalized spacial score (nSPS) is 14.7. The molecular weight excluding hydrogens is 278 g/mol. The molecule has 1 saturated heterocycles. The third-order valence-electron chi connectivity index (χ3n) is 3.11. The standard InChI is InChI=1S/C13H12ClN5O/c14-11-4-3-10(8-16-11)19(12-2-1-5-17-18-12)13(20)9-6-15-7-9/h1-5,8-9,15H,6-7H2. The van der Waals surface area contributed by atoms with Crippen molar-refractivity contribution >= 4 is 29.0 Å². The summed E-state index contributed by atoms with van der Waals surface area (Å²) in [6.45, 7) is 1.35. The summed E-state index contributed by atoms with van der Waals surface area (Å²) in [5.41, 5.74) is 0.631. The minimum atomic E-state index is -0.0484. The SMILES string of the molecule is O=C(C1CNC1)N(c1ccc(Cl)nc1)c1cccnn1. The zero-order valence-electron chi connectivity index (χ0n) is 10.5. The van der Waals surface area contributed by atoms with Crippen LogP contribution in [0.4, 0.5) is 11.5 Å². The fourth-order valence-electron chi connectivity index (χ4n) is 1.93. The molecule has 0 aliphatic carbocycles. The second-order valence-corrected chi connectivity index (χ2v) is 4.84. The van der Waals surface area contributed by atoms with Crippen molar-refractivity contribution in [3.63, 3.8) is 0 Å². The number of hydrogen-bond acceptors (Lipinski definition) is 5. The van der Waals surface area contributed by atoms with Crippen molar-refractivity contribution in [3.05, 3.63) is 41.8 Å². The highest BCUT2D eigenvalue weighted by molar-refractivity contribution is 6.29. The number of nitrogens with zero attached hydrogens (tertiary/aromatic N) is 4. The lowest BCUT2D eigenvalue weighted by molar-refractivity contribution is -0.123. The molecule has 3 rings (SSSR count). The molecule has 0 spiro atoms. The van der Waals surface area contributed by atoms with E-state index < -0.39 is 0 Å². The predicted molar refractivity (Wildman–Crippen MR) is 74.8 cm³/mol. The fourth-order valence-corrected chi connectivity index (χ4v) is 2.04. The Balaban J connectivity index is 1.98. The quantitative estimate of drug-likeness (QED) is 0.865. The van der Waals surface area contributed by atoms with Gasteiger partial charge in [-0.15, -0.1) is 5.10 Å². The highest BCUT2D eigenvalue weighted by Gasteiger charge is 2.31. The first-order valence-corrected chi connectivity index (χ1v) is 6.57. The molecule has 1 aliphatic heterocycles. The van der Waals surface area contributed by atoms with Crippen LogP contribution >= 0.6 is 11.6 Å². The molecular formula is C13H12ClN5O. The lowest BCUT2D eigenvalue weighted by Crippen LogP contribution is -2.51. The minimum absolute atomic E-state index is 0.0200. The summed E-state index contributed by atoms with van der Waals surface area (Å²) in [6, 6.07) is 6.87. The molecule has 0 aromatic carbocycles. The average molecular weight is 290 g/mol. The van der Waals surface area contributed by atoms with Gasteiger partial charge in [0.1, 0.15) is 5.15 Å². The van der Waals surface area contributed by atoms with Crippen molar-refractivity contribution < 1.29 is 4.79 Å². The molecule has 3 heterocycles. The molecule has 1 N–H and O–H groups in total. The maximum atomic E-state index is 12.6. The summed E-state index contributed by atoms with van der Waals surface area (Å²) >= 11 is 5.79. The molecule has 0 radical (unpaired) electrons. The number of amides is 1. The first kappa shape index (κ1) is 13.0. The number of anilines is 2. The van der Waals surface area contributed by atoms with Crippen LogP contribution in [-0.4, -0.2) is 34.2 Å². The molecule has 20 heavy (non-hydrogen) atoms. The highest BCUT2D eigenvalue weighted by atomic mass is 35.5. The Morgan fingerprint density at radius 3 is 2.75 bits per heavy atom. The van der Waals surface area contributed by atoms with Gasteiger partial charge in [0.2, 0.25) is 5.91 Å². The van der Waals surface area contributed by atoms with Gasteiger partial charge in [0, 0.05) is 19.3 Å². The van der Waals surface area contributed by atoms with Crippen LogP contribution in [0.2, 0.25) is 5.15 Å². The second-order valence-electron chi connectivity index (χ2n) is 4.45. The van der Waals surface area contributed by atoms with E-state index in [0.29, 0.717) is 29.7 Å². The van der Waals surface area contributed by atoms with Gasteiger partial charge in [-0.1, -0.05) is 11.6 Å². The van der Waals surface area contributed by atoms with E-state index in [2.05, 4.69) is 20.5 Å². The average Bonchev–Trinajstić information content (AvgIpc) is 2.41. The van der Waals surface area contributed by atoms with Crippen LogP contribution < -0.4 is 10.2 Å². The first-order chi connectivity index (χ1) is 9.75. The Morgan fingerprint density at radius 2 is 2.20 bits per heavy atom. The van der Waals surface area contributed by atoms with Gasteiger partial charge in [-0.05, 0) is 24.3 Å². The number of pyridine rings is 1. The van der Waals surface area contributed by atoms with Crippen LogP contribution in [0.25, 0.3) is 0 Å². The number of hydrogen-bond donors (Lipinski definition) is 1. The summed E-state index contributed by atoms with van der Waals surface area (Å²) in [5.74, 6) is 0.412. The number of halogens is 1. The largest absolute Gasteiger partial charge is 0.315 e. The van der Waals surface area contributed by atoms with Gasteiger partial charge in [0.05, 0.1) is 17.8 Å². The van der Waals surface area contributed by atoms with Crippen LogP contribution in [0, 0.1) is 5.92 Å². The highest BCUT2D eigenvalue weighted by Crippen LogP contribution is 2.26. The third kappa shape index (κ3) is 2.48. The molecule has 7 heteroatoms. The monoisotopic (exact) mass is 289 g/mol. The van der Waals surface area contributed by atoms with Crippen LogP contribution in [0.15, 0.2) is 36.7 Å². The van der Waals surface area contributed by atoms with Crippen molar-refractivity contribution in [1.29, 1.82) is 0 Å². The van der Waals surface area contributed by atoms with Gasteiger partial charge in [-0.2, -0.15) is 5.10 Å². The molecule has 1 fully saturated rings. The minimum Gasteiger partial charge on any atom is -0.315 e. The van der Waals surface area contributed by atoms with Gasteiger partial charge in [0.25, 0.3) is 0 Å². The number of nitrogens with one attached hydrogen (secondary N) is 1. The first-order valence-electron chi connectivity index (χ1n) is 6.19. The molecule has 0 saturated carbocycles. The number of rotatable bonds is 3. The topological polar surface area (TPSA) is 71.0 Å². The molecule has 1 amide bonds. The van der Waals surface area contributed by atoms with E-state index in [1.165, 1.54) is 4.90 Å². The Hall–Kier alpha value is -2.05. The molecule has 0 bridgehead atoms. The molecule has 6 nitrogen and oxygen atoms in total. The van der Waals surface area contributed by atoms with E-state index in [1.54, 1.807) is 36.7 Å². The molecule has 2 aromatic rings. The lowest BCUT2D eigenvalue weighted by Gasteiger charge is -2.31.